The third-order valence-corrected chi connectivity index (χ3v) is 4.94. The van der Waals surface area contributed by atoms with Crippen LogP contribution in [0.2, 0.25) is 0 Å². The van der Waals surface area contributed by atoms with Crippen LogP contribution in [0.5, 0.6) is 0 Å². The quantitative estimate of drug-likeness (QED) is 0.824. The largest absolute Gasteiger partial charge is 0.353 e. The highest BCUT2D eigenvalue weighted by molar-refractivity contribution is 7.91. The standard InChI is InChI=1S/C15H22N4O3S/c1-11(2)7-8-12(3)16-14(20)10-23(21,22)15-18-17-13-6-4-5-9-19(13)15/h4-6,9,11-12H,7-8,10H2,1-3H3,(H,16,20)/t12-/m1/s1. The average molecular weight is 338 g/mol. The number of nitrogens with zero attached hydrogens (tertiary/aromatic N) is 3. The first-order valence-corrected chi connectivity index (χ1v) is 9.26. The maximum absolute atomic E-state index is 12.4. The van der Waals surface area contributed by atoms with Gasteiger partial charge >= 0.3 is 0 Å². The Bertz CT molecular complexity index is 783. The molecule has 0 saturated carbocycles. The van der Waals surface area contributed by atoms with E-state index in [4.69, 9.17) is 0 Å². The number of sulfone groups is 1. The van der Waals surface area contributed by atoms with E-state index in [2.05, 4.69) is 29.4 Å². The minimum atomic E-state index is -3.84. The number of pyridine rings is 1. The van der Waals surface area contributed by atoms with Crippen LogP contribution in [0.4, 0.5) is 0 Å². The monoisotopic (exact) mass is 338 g/mol. The number of amides is 1. The van der Waals surface area contributed by atoms with Gasteiger partial charge in [0.05, 0.1) is 0 Å². The average Bonchev–Trinajstić information content (AvgIpc) is 2.89. The summed E-state index contributed by atoms with van der Waals surface area (Å²) in [5.74, 6) is -0.608. The molecular weight excluding hydrogens is 316 g/mol. The molecule has 126 valence electrons. The number of rotatable bonds is 7. The summed E-state index contributed by atoms with van der Waals surface area (Å²) >= 11 is 0. The summed E-state index contributed by atoms with van der Waals surface area (Å²) in [5, 5.41) is 10.0. The lowest BCUT2D eigenvalue weighted by molar-refractivity contribution is -0.119. The molecule has 2 rings (SSSR count). The minimum absolute atomic E-state index is 0.0600. The zero-order valence-electron chi connectivity index (χ0n) is 13.6. The number of carbonyl (C=O) groups excluding carboxylic acids is 1. The fourth-order valence-corrected chi connectivity index (χ4v) is 3.42. The van der Waals surface area contributed by atoms with Gasteiger partial charge in [-0.05, 0) is 37.8 Å². The maximum atomic E-state index is 12.4. The van der Waals surface area contributed by atoms with Gasteiger partial charge in [-0.1, -0.05) is 19.9 Å². The summed E-state index contributed by atoms with van der Waals surface area (Å²) in [5.41, 5.74) is 0.428. The van der Waals surface area contributed by atoms with Gasteiger partial charge in [-0.2, -0.15) is 0 Å². The Hall–Kier alpha value is -1.96. The number of hydrogen-bond donors (Lipinski definition) is 1. The second kappa shape index (κ2) is 7.08. The van der Waals surface area contributed by atoms with Gasteiger partial charge in [0.1, 0.15) is 5.75 Å². The molecule has 0 spiro atoms. The Morgan fingerprint density at radius 3 is 2.65 bits per heavy atom. The van der Waals surface area contributed by atoms with Crippen LogP contribution in [-0.4, -0.2) is 40.7 Å². The number of carbonyl (C=O) groups is 1. The fourth-order valence-electron chi connectivity index (χ4n) is 2.24. The minimum Gasteiger partial charge on any atom is -0.353 e. The summed E-state index contributed by atoms with van der Waals surface area (Å²) in [6.07, 6.45) is 3.35. The molecule has 1 N–H and O–H groups in total. The van der Waals surface area contributed by atoms with Gasteiger partial charge in [-0.3, -0.25) is 9.20 Å². The molecule has 0 saturated heterocycles. The number of aromatic nitrogens is 3. The first-order chi connectivity index (χ1) is 10.8. The van der Waals surface area contributed by atoms with Crippen LogP contribution in [0.1, 0.15) is 33.6 Å². The Morgan fingerprint density at radius 1 is 1.22 bits per heavy atom. The molecule has 0 aromatic carbocycles. The van der Waals surface area contributed by atoms with Gasteiger partial charge in [0.2, 0.25) is 15.7 Å². The Kier molecular flexibility index (Phi) is 5.35. The van der Waals surface area contributed by atoms with Crippen molar-refractivity contribution in [2.75, 3.05) is 5.75 Å². The molecule has 0 fully saturated rings. The van der Waals surface area contributed by atoms with Crippen molar-refractivity contribution in [1.82, 2.24) is 19.9 Å². The Morgan fingerprint density at radius 2 is 1.96 bits per heavy atom. The van der Waals surface area contributed by atoms with E-state index in [0.717, 1.165) is 12.8 Å². The maximum Gasteiger partial charge on any atom is 0.254 e. The summed E-state index contributed by atoms with van der Waals surface area (Å²) in [7, 11) is -3.84. The van der Waals surface area contributed by atoms with Gasteiger partial charge in [-0.15, -0.1) is 10.2 Å². The van der Waals surface area contributed by atoms with Gasteiger partial charge in [0.15, 0.2) is 5.65 Å². The molecule has 23 heavy (non-hydrogen) atoms. The molecule has 0 radical (unpaired) electrons. The van der Waals surface area contributed by atoms with Gasteiger partial charge in [0, 0.05) is 12.2 Å². The first kappa shape index (κ1) is 17.4. The van der Waals surface area contributed by atoms with Crippen molar-refractivity contribution in [3.8, 4) is 0 Å². The molecule has 0 aliphatic rings. The second-order valence-corrected chi connectivity index (χ2v) is 7.99. The second-order valence-electron chi connectivity index (χ2n) is 6.11. The van der Waals surface area contributed by atoms with Crippen LogP contribution in [0.25, 0.3) is 5.65 Å². The lowest BCUT2D eigenvalue weighted by Crippen LogP contribution is -2.37. The first-order valence-electron chi connectivity index (χ1n) is 7.61. The lowest BCUT2D eigenvalue weighted by atomic mass is 10.0. The lowest BCUT2D eigenvalue weighted by Gasteiger charge is -2.14. The van der Waals surface area contributed by atoms with E-state index in [9.17, 15) is 13.2 Å². The van der Waals surface area contributed by atoms with Gasteiger partial charge in [-0.25, -0.2) is 8.42 Å². The molecule has 0 unspecified atom stereocenters. The van der Waals surface area contributed by atoms with Crippen molar-refractivity contribution in [3.63, 3.8) is 0 Å². The highest BCUT2D eigenvalue weighted by atomic mass is 32.2. The van der Waals surface area contributed by atoms with Crippen molar-refractivity contribution in [3.05, 3.63) is 24.4 Å². The van der Waals surface area contributed by atoms with Crippen LogP contribution in [0.15, 0.2) is 29.6 Å². The predicted octanol–water partition coefficient (Wildman–Crippen LogP) is 1.44. The fraction of sp³-hybridized carbons (Fsp3) is 0.533. The van der Waals surface area contributed by atoms with Crippen LogP contribution in [-0.2, 0) is 14.6 Å². The molecule has 2 aromatic heterocycles. The Balaban J connectivity index is 2.05. The summed E-state index contributed by atoms with van der Waals surface area (Å²) in [6.45, 7) is 6.09. The van der Waals surface area contributed by atoms with Crippen molar-refractivity contribution in [2.45, 2.75) is 44.8 Å². The molecule has 2 heterocycles. The topological polar surface area (TPSA) is 93.4 Å². The van der Waals surface area contributed by atoms with Gasteiger partial charge in [0.25, 0.3) is 5.16 Å². The molecule has 2 aromatic rings. The van der Waals surface area contributed by atoms with E-state index in [1.54, 1.807) is 24.4 Å². The van der Waals surface area contributed by atoms with Gasteiger partial charge < -0.3 is 5.32 Å². The molecular formula is C15H22N4O3S. The van der Waals surface area contributed by atoms with E-state index < -0.39 is 21.5 Å². The van der Waals surface area contributed by atoms with Crippen LogP contribution in [0, 0.1) is 5.92 Å². The SMILES string of the molecule is CC(C)CC[C@@H](C)NC(=O)CS(=O)(=O)c1nnc2ccccn12. The number of nitrogens with one attached hydrogen (secondary N) is 1. The highest BCUT2D eigenvalue weighted by Crippen LogP contribution is 2.11. The molecule has 7 nitrogen and oxygen atoms in total. The smallest absolute Gasteiger partial charge is 0.254 e. The molecule has 1 atom stereocenters. The third-order valence-electron chi connectivity index (χ3n) is 3.47. The van der Waals surface area contributed by atoms with Crippen molar-refractivity contribution in [1.29, 1.82) is 0 Å². The summed E-state index contributed by atoms with van der Waals surface area (Å²) in [6, 6.07) is 5.02. The zero-order valence-corrected chi connectivity index (χ0v) is 14.4. The molecule has 0 aliphatic heterocycles. The number of hydrogen-bond acceptors (Lipinski definition) is 5. The van der Waals surface area contributed by atoms with Crippen LogP contribution < -0.4 is 5.32 Å². The summed E-state index contributed by atoms with van der Waals surface area (Å²) in [4.78, 5) is 12.0. The Labute approximate surface area is 136 Å². The normalized spacial score (nSPS) is 13.4. The van der Waals surface area contributed by atoms with E-state index in [0.29, 0.717) is 11.6 Å². The molecule has 0 bridgehead atoms. The van der Waals surface area contributed by atoms with Crippen LogP contribution >= 0.6 is 0 Å². The van der Waals surface area contributed by atoms with Crippen LogP contribution in [0.3, 0.4) is 0 Å². The highest BCUT2D eigenvalue weighted by Gasteiger charge is 2.25. The van der Waals surface area contributed by atoms with E-state index in [1.807, 2.05) is 6.92 Å². The molecule has 0 aliphatic carbocycles. The number of fused-ring (bicyclic) bond motifs is 1. The van der Waals surface area contributed by atoms with E-state index in [1.165, 1.54) is 4.40 Å². The van der Waals surface area contributed by atoms with Crippen molar-refractivity contribution in [2.24, 2.45) is 5.92 Å². The van der Waals surface area contributed by atoms with Crippen molar-refractivity contribution < 1.29 is 13.2 Å². The third kappa shape index (κ3) is 4.51. The van der Waals surface area contributed by atoms with E-state index in [-0.39, 0.29) is 11.2 Å². The zero-order chi connectivity index (χ0) is 17.0. The van der Waals surface area contributed by atoms with Crippen molar-refractivity contribution >= 4 is 21.4 Å². The molecule has 8 heteroatoms. The van der Waals surface area contributed by atoms with E-state index >= 15 is 0 Å². The predicted molar refractivity (Wildman–Crippen MR) is 86.7 cm³/mol. The molecule has 1 amide bonds. The summed E-state index contributed by atoms with van der Waals surface area (Å²) < 4.78 is 26.1.